The Hall–Kier alpha value is -1.88. The lowest BCUT2D eigenvalue weighted by Gasteiger charge is -2.34. The van der Waals surface area contributed by atoms with E-state index in [1.54, 1.807) is 12.1 Å². The molecule has 3 N–H and O–H groups in total. The first-order chi connectivity index (χ1) is 9.11. The number of nitrogens with zero attached hydrogens (tertiary/aromatic N) is 1. The Morgan fingerprint density at radius 1 is 1.26 bits per heavy atom. The van der Waals surface area contributed by atoms with Gasteiger partial charge in [0.1, 0.15) is 12.1 Å². The monoisotopic (exact) mass is 262 g/mol. The van der Waals surface area contributed by atoms with Gasteiger partial charge in [0.25, 0.3) is 0 Å². The zero-order valence-electron chi connectivity index (χ0n) is 10.7. The smallest absolute Gasteiger partial charge is 0.326 e. The molecule has 1 aromatic carbocycles. The van der Waals surface area contributed by atoms with Crippen LogP contribution in [0.25, 0.3) is 0 Å². The molecule has 1 heterocycles. The third kappa shape index (κ3) is 2.93. The van der Waals surface area contributed by atoms with Crippen LogP contribution in [0.1, 0.15) is 30.9 Å². The average Bonchev–Trinajstić information content (AvgIpc) is 2.46. The number of carboxylic acid groups (broad SMARTS) is 1. The Balaban J connectivity index is 2.15. The molecular weight excluding hydrogens is 244 g/mol. The Morgan fingerprint density at radius 2 is 1.95 bits per heavy atom. The molecule has 1 amide bonds. The first-order valence-corrected chi connectivity index (χ1v) is 6.45. The van der Waals surface area contributed by atoms with Crippen LogP contribution in [0.3, 0.4) is 0 Å². The maximum atomic E-state index is 12.4. The van der Waals surface area contributed by atoms with E-state index >= 15 is 0 Å². The van der Waals surface area contributed by atoms with Crippen molar-refractivity contribution in [1.29, 1.82) is 0 Å². The van der Waals surface area contributed by atoms with E-state index < -0.39 is 18.1 Å². The molecule has 0 saturated carbocycles. The predicted molar refractivity (Wildman–Crippen MR) is 70.4 cm³/mol. The van der Waals surface area contributed by atoms with E-state index in [4.69, 9.17) is 5.73 Å². The summed E-state index contributed by atoms with van der Waals surface area (Å²) in [4.78, 5) is 25.0. The second kappa shape index (κ2) is 5.84. The van der Waals surface area contributed by atoms with E-state index in [1.807, 2.05) is 18.2 Å². The van der Waals surface area contributed by atoms with Crippen molar-refractivity contribution < 1.29 is 14.7 Å². The van der Waals surface area contributed by atoms with Crippen molar-refractivity contribution in [3.05, 3.63) is 35.9 Å². The molecule has 5 heteroatoms. The van der Waals surface area contributed by atoms with Crippen molar-refractivity contribution in [2.75, 3.05) is 6.54 Å². The van der Waals surface area contributed by atoms with Crippen molar-refractivity contribution in [2.45, 2.75) is 31.3 Å². The van der Waals surface area contributed by atoms with Crippen molar-refractivity contribution in [2.24, 2.45) is 5.73 Å². The van der Waals surface area contributed by atoms with E-state index in [0.29, 0.717) is 18.5 Å². The summed E-state index contributed by atoms with van der Waals surface area (Å²) in [7, 11) is 0. The van der Waals surface area contributed by atoms with Gasteiger partial charge >= 0.3 is 5.97 Å². The zero-order chi connectivity index (χ0) is 13.8. The van der Waals surface area contributed by atoms with E-state index in [2.05, 4.69) is 0 Å². The third-order valence-corrected chi connectivity index (χ3v) is 3.50. The van der Waals surface area contributed by atoms with Crippen LogP contribution in [0.5, 0.6) is 0 Å². The largest absolute Gasteiger partial charge is 0.480 e. The molecular formula is C14H18N2O3. The molecule has 0 bridgehead atoms. The van der Waals surface area contributed by atoms with Gasteiger partial charge < -0.3 is 15.7 Å². The van der Waals surface area contributed by atoms with Crippen LogP contribution in [-0.2, 0) is 9.59 Å². The highest BCUT2D eigenvalue weighted by Gasteiger charge is 2.34. The van der Waals surface area contributed by atoms with Crippen LogP contribution < -0.4 is 5.73 Å². The molecule has 1 aliphatic rings. The molecule has 0 radical (unpaired) electrons. The number of piperidine rings is 1. The molecule has 19 heavy (non-hydrogen) atoms. The summed E-state index contributed by atoms with van der Waals surface area (Å²) in [6, 6.07) is 7.50. The van der Waals surface area contributed by atoms with Crippen LogP contribution >= 0.6 is 0 Å². The zero-order valence-corrected chi connectivity index (χ0v) is 10.7. The van der Waals surface area contributed by atoms with Crippen molar-refractivity contribution in [3.63, 3.8) is 0 Å². The van der Waals surface area contributed by atoms with Gasteiger partial charge in [-0.15, -0.1) is 0 Å². The number of likely N-dealkylation sites (tertiary alicyclic amines) is 1. The minimum absolute atomic E-state index is 0.307. The summed E-state index contributed by atoms with van der Waals surface area (Å²) in [6.45, 7) is 0.469. The SMILES string of the molecule is N[C@@H](C(=O)N1CCCCC1C(=O)O)c1ccccc1. The molecule has 1 aliphatic heterocycles. The number of aliphatic carboxylic acids is 1. The molecule has 1 fully saturated rings. The lowest BCUT2D eigenvalue weighted by Crippen LogP contribution is -2.50. The molecule has 1 saturated heterocycles. The Morgan fingerprint density at radius 3 is 2.58 bits per heavy atom. The van der Waals surface area contributed by atoms with Gasteiger partial charge in [-0.05, 0) is 24.8 Å². The summed E-state index contributed by atoms with van der Waals surface area (Å²) in [5.74, 6) is -1.26. The second-order valence-corrected chi connectivity index (χ2v) is 4.77. The highest BCUT2D eigenvalue weighted by atomic mass is 16.4. The first kappa shape index (κ1) is 13.5. The van der Waals surface area contributed by atoms with Gasteiger partial charge in [0, 0.05) is 6.54 Å². The van der Waals surface area contributed by atoms with Gasteiger partial charge in [-0.2, -0.15) is 0 Å². The van der Waals surface area contributed by atoms with Gasteiger partial charge in [-0.25, -0.2) is 4.79 Å². The Kier molecular flexibility index (Phi) is 4.16. The summed E-state index contributed by atoms with van der Waals surface area (Å²) in [6.07, 6.45) is 2.17. The van der Waals surface area contributed by atoms with Crippen LogP contribution in [0.4, 0.5) is 0 Å². The van der Waals surface area contributed by atoms with Crippen molar-refractivity contribution in [1.82, 2.24) is 4.90 Å². The Bertz CT molecular complexity index is 461. The van der Waals surface area contributed by atoms with E-state index in [0.717, 1.165) is 12.8 Å². The highest BCUT2D eigenvalue weighted by molar-refractivity contribution is 5.87. The molecule has 0 aliphatic carbocycles. The fourth-order valence-corrected chi connectivity index (χ4v) is 2.43. The van der Waals surface area contributed by atoms with Crippen LogP contribution in [0.15, 0.2) is 30.3 Å². The summed E-state index contributed by atoms with van der Waals surface area (Å²) < 4.78 is 0. The van der Waals surface area contributed by atoms with Gasteiger partial charge in [0.05, 0.1) is 0 Å². The van der Waals surface area contributed by atoms with Crippen LogP contribution in [0.2, 0.25) is 0 Å². The van der Waals surface area contributed by atoms with Gasteiger partial charge in [-0.3, -0.25) is 4.79 Å². The first-order valence-electron chi connectivity index (χ1n) is 6.45. The predicted octanol–water partition coefficient (Wildman–Crippen LogP) is 1.15. The normalized spacial score (nSPS) is 20.9. The number of rotatable bonds is 3. The fraction of sp³-hybridized carbons (Fsp3) is 0.429. The highest BCUT2D eigenvalue weighted by Crippen LogP contribution is 2.21. The number of hydrogen-bond donors (Lipinski definition) is 2. The van der Waals surface area contributed by atoms with Crippen molar-refractivity contribution in [3.8, 4) is 0 Å². The topological polar surface area (TPSA) is 83.6 Å². The molecule has 1 unspecified atom stereocenters. The lowest BCUT2D eigenvalue weighted by atomic mass is 9.99. The molecule has 0 aromatic heterocycles. The molecule has 2 rings (SSSR count). The number of benzene rings is 1. The molecule has 2 atom stereocenters. The lowest BCUT2D eigenvalue weighted by molar-refractivity contribution is -0.152. The van der Waals surface area contributed by atoms with E-state index in [-0.39, 0.29) is 5.91 Å². The molecule has 5 nitrogen and oxygen atoms in total. The standard InChI is InChI=1S/C14H18N2O3/c15-12(10-6-2-1-3-7-10)13(17)16-9-5-4-8-11(16)14(18)19/h1-3,6-7,11-12H,4-5,8-9,15H2,(H,18,19)/t11?,12-/m1/s1. The van der Waals surface area contributed by atoms with Crippen molar-refractivity contribution >= 4 is 11.9 Å². The number of hydrogen-bond acceptors (Lipinski definition) is 3. The minimum atomic E-state index is -0.951. The fourth-order valence-electron chi connectivity index (χ4n) is 2.43. The number of nitrogens with two attached hydrogens (primary N) is 1. The van der Waals surface area contributed by atoms with E-state index in [9.17, 15) is 14.7 Å². The molecule has 1 aromatic rings. The van der Waals surface area contributed by atoms with Gasteiger partial charge in [0.2, 0.25) is 5.91 Å². The van der Waals surface area contributed by atoms with E-state index in [1.165, 1.54) is 4.90 Å². The number of carbonyl (C=O) groups is 2. The van der Waals surface area contributed by atoms with Crippen LogP contribution in [-0.4, -0.2) is 34.5 Å². The summed E-state index contributed by atoms with van der Waals surface area (Å²) in [5.41, 5.74) is 6.66. The van der Waals surface area contributed by atoms with Gasteiger partial charge in [-0.1, -0.05) is 30.3 Å². The maximum Gasteiger partial charge on any atom is 0.326 e. The van der Waals surface area contributed by atoms with Gasteiger partial charge in [0.15, 0.2) is 0 Å². The number of carbonyl (C=O) groups excluding carboxylic acids is 1. The maximum absolute atomic E-state index is 12.4. The molecule has 0 spiro atoms. The van der Waals surface area contributed by atoms with Crippen LogP contribution in [0, 0.1) is 0 Å². The summed E-state index contributed by atoms with van der Waals surface area (Å²) in [5, 5.41) is 9.18. The summed E-state index contributed by atoms with van der Waals surface area (Å²) >= 11 is 0. The molecule has 102 valence electrons. The Labute approximate surface area is 112 Å². The average molecular weight is 262 g/mol. The number of amides is 1. The second-order valence-electron chi connectivity index (χ2n) is 4.77. The minimum Gasteiger partial charge on any atom is -0.480 e. The number of carboxylic acids is 1. The quantitative estimate of drug-likeness (QED) is 0.856. The third-order valence-electron chi connectivity index (χ3n) is 3.50.